The van der Waals surface area contributed by atoms with Crippen LogP contribution in [0, 0.1) is 0 Å². The topological polar surface area (TPSA) is 46.5 Å². The first-order valence-electron chi connectivity index (χ1n) is 3.32. The third kappa shape index (κ3) is 2.05. The van der Waals surface area contributed by atoms with Gasteiger partial charge in [-0.1, -0.05) is 23.2 Å². The maximum Gasteiger partial charge on any atom is 0.337 e. The molecule has 0 radical (unpaired) electrons. The fourth-order valence-corrected chi connectivity index (χ4v) is 1.24. The van der Waals surface area contributed by atoms with Gasteiger partial charge in [0, 0.05) is 6.07 Å². The van der Waals surface area contributed by atoms with Gasteiger partial charge in [-0.3, -0.25) is 0 Å². The Labute approximate surface area is 84.8 Å². The molecule has 0 heterocycles. The quantitative estimate of drug-likeness (QED) is 0.834. The molecule has 0 unspecified atom stereocenters. The van der Waals surface area contributed by atoms with Crippen LogP contribution in [0.3, 0.4) is 0 Å². The molecule has 0 bridgehead atoms. The number of carbonyl (C=O) groups is 1. The Morgan fingerprint density at radius 1 is 1.46 bits per heavy atom. The van der Waals surface area contributed by atoms with Crippen LogP contribution in [0.1, 0.15) is 10.4 Å². The van der Waals surface area contributed by atoms with Crippen molar-refractivity contribution in [2.45, 2.75) is 0 Å². The van der Waals surface area contributed by atoms with E-state index in [1.54, 1.807) is 0 Å². The molecule has 5 heteroatoms. The van der Waals surface area contributed by atoms with E-state index >= 15 is 0 Å². The minimum Gasteiger partial charge on any atom is -0.497 e. The van der Waals surface area contributed by atoms with Crippen molar-refractivity contribution in [1.82, 2.24) is 0 Å². The number of benzene rings is 1. The largest absolute Gasteiger partial charge is 0.497 e. The molecule has 3 nitrogen and oxygen atoms in total. The van der Waals surface area contributed by atoms with Gasteiger partial charge in [0.2, 0.25) is 0 Å². The molecular weight excluding hydrogens is 215 g/mol. The van der Waals surface area contributed by atoms with Crippen LogP contribution >= 0.6 is 23.2 Å². The highest BCUT2D eigenvalue weighted by atomic mass is 35.5. The zero-order valence-electron chi connectivity index (χ0n) is 6.67. The lowest BCUT2D eigenvalue weighted by atomic mass is 10.2. The summed E-state index contributed by atoms with van der Waals surface area (Å²) in [5, 5.41) is 8.90. The maximum atomic E-state index is 10.6. The van der Waals surface area contributed by atoms with Crippen molar-refractivity contribution >= 4 is 29.2 Å². The summed E-state index contributed by atoms with van der Waals surface area (Å²) in [4.78, 5) is 10.6. The molecule has 70 valence electrons. The standard InChI is InChI=1S/C8H6Cl2O3/c1-13-4-2-5(8(11)12)7(10)6(9)3-4/h2-3H,1H3,(H,11,12). The van der Waals surface area contributed by atoms with Gasteiger partial charge >= 0.3 is 5.97 Å². The summed E-state index contributed by atoms with van der Waals surface area (Å²) in [6.07, 6.45) is 0. The normalized spacial score (nSPS) is 9.77. The van der Waals surface area contributed by atoms with Crippen LogP contribution in [0.2, 0.25) is 10.0 Å². The highest BCUT2D eigenvalue weighted by Crippen LogP contribution is 2.30. The highest BCUT2D eigenvalue weighted by Gasteiger charge is 2.13. The van der Waals surface area contributed by atoms with Crippen LogP contribution in [0.4, 0.5) is 0 Å². The van der Waals surface area contributed by atoms with Crippen LogP contribution in [0.15, 0.2) is 12.1 Å². The summed E-state index contributed by atoms with van der Waals surface area (Å²) < 4.78 is 4.83. The zero-order valence-corrected chi connectivity index (χ0v) is 8.19. The van der Waals surface area contributed by atoms with E-state index in [1.807, 2.05) is 0 Å². The number of aromatic carboxylic acids is 1. The van der Waals surface area contributed by atoms with Crippen LogP contribution < -0.4 is 4.74 Å². The average Bonchev–Trinajstić information content (AvgIpc) is 2.09. The van der Waals surface area contributed by atoms with Crippen LogP contribution in [0.25, 0.3) is 0 Å². The fourth-order valence-electron chi connectivity index (χ4n) is 0.838. The molecule has 1 aromatic carbocycles. The van der Waals surface area contributed by atoms with Crippen LogP contribution in [0.5, 0.6) is 5.75 Å². The number of carboxylic acid groups (broad SMARTS) is 1. The second-order valence-electron chi connectivity index (χ2n) is 2.28. The number of hydrogen-bond donors (Lipinski definition) is 1. The molecule has 0 aliphatic heterocycles. The number of methoxy groups -OCH3 is 1. The van der Waals surface area contributed by atoms with Gasteiger partial charge < -0.3 is 9.84 Å². The summed E-state index contributed by atoms with van der Waals surface area (Å²) in [7, 11) is 1.42. The first-order valence-corrected chi connectivity index (χ1v) is 4.08. The van der Waals surface area contributed by atoms with Crippen molar-refractivity contribution in [1.29, 1.82) is 0 Å². The Kier molecular flexibility index (Phi) is 3.01. The van der Waals surface area contributed by atoms with E-state index in [1.165, 1.54) is 19.2 Å². The molecule has 1 rings (SSSR count). The van der Waals surface area contributed by atoms with Crippen molar-refractivity contribution in [2.75, 3.05) is 7.11 Å². The van der Waals surface area contributed by atoms with E-state index in [-0.39, 0.29) is 15.6 Å². The van der Waals surface area contributed by atoms with E-state index in [9.17, 15) is 4.79 Å². The monoisotopic (exact) mass is 220 g/mol. The maximum absolute atomic E-state index is 10.6. The second-order valence-corrected chi connectivity index (χ2v) is 3.06. The number of carboxylic acids is 1. The smallest absolute Gasteiger partial charge is 0.337 e. The fraction of sp³-hybridized carbons (Fsp3) is 0.125. The predicted octanol–water partition coefficient (Wildman–Crippen LogP) is 2.70. The summed E-state index contributed by atoms with van der Waals surface area (Å²) >= 11 is 11.3. The molecule has 13 heavy (non-hydrogen) atoms. The lowest BCUT2D eigenvalue weighted by Gasteiger charge is -2.04. The molecule has 1 N–H and O–H groups in total. The molecule has 0 saturated heterocycles. The summed E-state index contributed by atoms with van der Waals surface area (Å²) in [6, 6.07) is 2.77. The van der Waals surface area contributed by atoms with E-state index < -0.39 is 5.97 Å². The van der Waals surface area contributed by atoms with E-state index in [2.05, 4.69) is 0 Å². The number of ether oxygens (including phenoxy) is 1. The molecule has 0 amide bonds. The Morgan fingerprint density at radius 2 is 2.08 bits per heavy atom. The lowest BCUT2D eigenvalue weighted by Crippen LogP contribution is -1.98. The molecule has 0 atom stereocenters. The van der Waals surface area contributed by atoms with E-state index in [0.29, 0.717) is 5.75 Å². The van der Waals surface area contributed by atoms with Crippen molar-refractivity contribution in [3.8, 4) is 5.75 Å². The number of halogens is 2. The Morgan fingerprint density at radius 3 is 2.54 bits per heavy atom. The van der Waals surface area contributed by atoms with E-state index in [0.717, 1.165) is 0 Å². The molecule has 0 fully saturated rings. The second kappa shape index (κ2) is 3.85. The number of rotatable bonds is 2. The molecule has 0 aliphatic carbocycles. The SMILES string of the molecule is COc1cc(Cl)c(Cl)c(C(=O)O)c1. The summed E-state index contributed by atoms with van der Waals surface area (Å²) in [6.45, 7) is 0. The molecule has 1 aromatic rings. The van der Waals surface area contributed by atoms with Gasteiger partial charge in [0.25, 0.3) is 0 Å². The third-order valence-electron chi connectivity index (χ3n) is 1.47. The molecule has 0 aromatic heterocycles. The highest BCUT2D eigenvalue weighted by molar-refractivity contribution is 6.43. The van der Waals surface area contributed by atoms with E-state index in [4.69, 9.17) is 33.0 Å². The third-order valence-corrected chi connectivity index (χ3v) is 2.27. The van der Waals surface area contributed by atoms with Gasteiger partial charge in [-0.2, -0.15) is 0 Å². The summed E-state index contributed by atoms with van der Waals surface area (Å²) in [5.74, 6) is -0.766. The van der Waals surface area contributed by atoms with Crippen molar-refractivity contribution < 1.29 is 14.6 Å². The molecule has 0 saturated carbocycles. The average molecular weight is 221 g/mol. The van der Waals surface area contributed by atoms with Gasteiger partial charge in [0.05, 0.1) is 22.7 Å². The van der Waals surface area contributed by atoms with Crippen molar-refractivity contribution in [2.24, 2.45) is 0 Å². The van der Waals surface area contributed by atoms with Gasteiger partial charge in [0.15, 0.2) is 0 Å². The zero-order chi connectivity index (χ0) is 10.0. The van der Waals surface area contributed by atoms with Crippen LogP contribution in [-0.4, -0.2) is 18.2 Å². The van der Waals surface area contributed by atoms with Crippen molar-refractivity contribution in [3.05, 3.63) is 27.7 Å². The minimum absolute atomic E-state index is 0.0231. The van der Waals surface area contributed by atoms with Crippen LogP contribution in [-0.2, 0) is 0 Å². The first kappa shape index (κ1) is 10.2. The Bertz CT molecular complexity index is 349. The first-order chi connectivity index (χ1) is 6.06. The van der Waals surface area contributed by atoms with Gasteiger partial charge in [-0.25, -0.2) is 4.79 Å². The lowest BCUT2D eigenvalue weighted by molar-refractivity contribution is 0.0696. The molecule has 0 spiro atoms. The van der Waals surface area contributed by atoms with Gasteiger partial charge in [0.1, 0.15) is 5.75 Å². The van der Waals surface area contributed by atoms with Gasteiger partial charge in [-0.05, 0) is 6.07 Å². The predicted molar refractivity (Wildman–Crippen MR) is 50.0 cm³/mol. The number of hydrogen-bond acceptors (Lipinski definition) is 2. The van der Waals surface area contributed by atoms with Gasteiger partial charge in [-0.15, -0.1) is 0 Å². The Balaban J connectivity index is 3.33. The molecular formula is C8H6Cl2O3. The Hall–Kier alpha value is -0.930. The minimum atomic E-state index is -1.13. The molecule has 0 aliphatic rings. The summed E-state index contributed by atoms with van der Waals surface area (Å²) in [5.41, 5.74) is -0.0639. The van der Waals surface area contributed by atoms with Crippen molar-refractivity contribution in [3.63, 3.8) is 0 Å².